The van der Waals surface area contributed by atoms with Gasteiger partial charge in [0.2, 0.25) is 0 Å². The molecule has 1 aromatic heterocycles. The fourth-order valence-corrected chi connectivity index (χ4v) is 1.43. The highest BCUT2D eigenvalue weighted by molar-refractivity contribution is 4.87. The smallest absolute Gasteiger partial charge is 0.180 e. The first-order chi connectivity index (χ1) is 5.95. The van der Waals surface area contributed by atoms with E-state index in [9.17, 15) is 0 Å². The third-order valence-corrected chi connectivity index (χ3v) is 2.44. The van der Waals surface area contributed by atoms with E-state index >= 15 is 0 Å². The number of hydrogen-bond donors (Lipinski definition) is 1. The van der Waals surface area contributed by atoms with E-state index in [1.54, 1.807) is 6.20 Å². The van der Waals surface area contributed by atoms with Crippen LogP contribution in [0.4, 0.5) is 0 Å². The van der Waals surface area contributed by atoms with Crippen molar-refractivity contribution >= 4 is 0 Å². The quantitative estimate of drug-likeness (QED) is 0.737. The normalized spacial score (nSPS) is 17.7. The molecule has 0 amide bonds. The first kappa shape index (κ1) is 7.80. The minimum Gasteiger partial charge on any atom is -0.447 e. The van der Waals surface area contributed by atoms with Gasteiger partial charge in [0.15, 0.2) is 6.39 Å². The summed E-state index contributed by atoms with van der Waals surface area (Å²) in [5.41, 5.74) is 0. The van der Waals surface area contributed by atoms with E-state index in [0.717, 1.165) is 24.8 Å². The third-order valence-electron chi connectivity index (χ3n) is 2.44. The van der Waals surface area contributed by atoms with Gasteiger partial charge in [-0.3, -0.25) is 0 Å². The average Bonchev–Trinajstić information content (AvgIpc) is 2.46. The Morgan fingerprint density at radius 2 is 2.50 bits per heavy atom. The van der Waals surface area contributed by atoms with Crippen molar-refractivity contribution in [1.82, 2.24) is 10.3 Å². The van der Waals surface area contributed by atoms with Gasteiger partial charge in [-0.25, -0.2) is 4.98 Å². The molecule has 0 aromatic carbocycles. The molecule has 1 aromatic rings. The molecule has 0 radical (unpaired) electrons. The lowest BCUT2D eigenvalue weighted by Crippen LogP contribution is -2.26. The summed E-state index contributed by atoms with van der Waals surface area (Å²) in [6.45, 7) is 1.94. The monoisotopic (exact) mass is 166 g/mol. The predicted molar refractivity (Wildman–Crippen MR) is 45.6 cm³/mol. The maximum atomic E-state index is 5.09. The van der Waals surface area contributed by atoms with Crippen LogP contribution < -0.4 is 5.32 Å². The second kappa shape index (κ2) is 3.72. The summed E-state index contributed by atoms with van der Waals surface area (Å²) in [5, 5.41) is 3.36. The van der Waals surface area contributed by atoms with Gasteiger partial charge in [-0.1, -0.05) is 6.42 Å². The minimum atomic E-state index is 0.816. The molecule has 0 bridgehead atoms. The summed E-state index contributed by atoms with van der Waals surface area (Å²) >= 11 is 0. The lowest BCUT2D eigenvalue weighted by molar-refractivity contribution is 0.297. The second-order valence-corrected chi connectivity index (χ2v) is 3.40. The number of nitrogens with zero attached hydrogens (tertiary/aromatic N) is 1. The summed E-state index contributed by atoms with van der Waals surface area (Å²) in [7, 11) is 0. The van der Waals surface area contributed by atoms with Gasteiger partial charge in [0, 0.05) is 0 Å². The SMILES string of the molecule is c1ncc(CNCC2CCC2)o1. The molecule has 1 aliphatic carbocycles. The number of hydrogen-bond acceptors (Lipinski definition) is 3. The van der Waals surface area contributed by atoms with Crippen LogP contribution in [0, 0.1) is 5.92 Å². The molecule has 1 aliphatic rings. The Kier molecular flexibility index (Phi) is 2.42. The molecular weight excluding hydrogens is 152 g/mol. The molecular formula is C9H14N2O. The van der Waals surface area contributed by atoms with Crippen LogP contribution in [0.2, 0.25) is 0 Å². The predicted octanol–water partition coefficient (Wildman–Crippen LogP) is 1.56. The van der Waals surface area contributed by atoms with Crippen LogP contribution in [-0.4, -0.2) is 11.5 Å². The molecule has 2 rings (SSSR count). The molecule has 0 saturated heterocycles. The largest absolute Gasteiger partial charge is 0.447 e. The van der Waals surface area contributed by atoms with Gasteiger partial charge in [0.25, 0.3) is 0 Å². The van der Waals surface area contributed by atoms with Gasteiger partial charge < -0.3 is 9.73 Å². The molecule has 0 unspecified atom stereocenters. The Bertz CT molecular complexity index is 216. The standard InChI is InChI=1S/C9H14N2O/c1-2-8(3-1)4-10-5-9-6-11-7-12-9/h6-8,10H,1-5H2. The van der Waals surface area contributed by atoms with Crippen LogP contribution in [0.3, 0.4) is 0 Å². The second-order valence-electron chi connectivity index (χ2n) is 3.40. The van der Waals surface area contributed by atoms with Gasteiger partial charge in [-0.05, 0) is 25.3 Å². The Morgan fingerprint density at radius 1 is 1.58 bits per heavy atom. The van der Waals surface area contributed by atoms with E-state index < -0.39 is 0 Å². The van der Waals surface area contributed by atoms with Crippen LogP contribution in [0.15, 0.2) is 17.0 Å². The van der Waals surface area contributed by atoms with Crippen LogP contribution in [0.1, 0.15) is 25.0 Å². The van der Waals surface area contributed by atoms with Gasteiger partial charge in [-0.2, -0.15) is 0 Å². The van der Waals surface area contributed by atoms with Crippen LogP contribution in [-0.2, 0) is 6.54 Å². The Balaban J connectivity index is 1.62. The first-order valence-corrected chi connectivity index (χ1v) is 4.53. The first-order valence-electron chi connectivity index (χ1n) is 4.53. The van der Waals surface area contributed by atoms with E-state index in [1.807, 2.05) is 0 Å². The van der Waals surface area contributed by atoms with Crippen molar-refractivity contribution in [1.29, 1.82) is 0 Å². The number of oxazole rings is 1. The van der Waals surface area contributed by atoms with Crippen LogP contribution >= 0.6 is 0 Å². The third kappa shape index (κ3) is 1.85. The highest BCUT2D eigenvalue weighted by Gasteiger charge is 2.16. The lowest BCUT2D eigenvalue weighted by atomic mass is 9.85. The summed E-state index contributed by atoms with van der Waals surface area (Å²) in [5.74, 6) is 1.84. The van der Waals surface area contributed by atoms with Crippen LogP contribution in [0.25, 0.3) is 0 Å². The van der Waals surface area contributed by atoms with Crippen molar-refractivity contribution in [2.75, 3.05) is 6.54 Å². The van der Waals surface area contributed by atoms with E-state index in [0.29, 0.717) is 0 Å². The average molecular weight is 166 g/mol. The van der Waals surface area contributed by atoms with Crippen molar-refractivity contribution in [3.8, 4) is 0 Å². The van der Waals surface area contributed by atoms with E-state index in [-0.39, 0.29) is 0 Å². The van der Waals surface area contributed by atoms with E-state index in [1.165, 1.54) is 25.7 Å². The van der Waals surface area contributed by atoms with Crippen molar-refractivity contribution in [2.24, 2.45) is 5.92 Å². The molecule has 0 spiro atoms. The molecule has 1 N–H and O–H groups in total. The molecule has 1 saturated carbocycles. The molecule has 12 heavy (non-hydrogen) atoms. The van der Waals surface area contributed by atoms with Crippen LogP contribution in [0.5, 0.6) is 0 Å². The highest BCUT2D eigenvalue weighted by atomic mass is 16.3. The fraction of sp³-hybridized carbons (Fsp3) is 0.667. The summed E-state index contributed by atoms with van der Waals surface area (Å²) in [4.78, 5) is 3.85. The number of nitrogens with one attached hydrogen (secondary N) is 1. The fourth-order valence-electron chi connectivity index (χ4n) is 1.43. The zero-order valence-electron chi connectivity index (χ0n) is 7.12. The van der Waals surface area contributed by atoms with Gasteiger partial charge in [0.05, 0.1) is 12.7 Å². The molecule has 1 fully saturated rings. The van der Waals surface area contributed by atoms with Crippen molar-refractivity contribution in [3.63, 3.8) is 0 Å². The highest BCUT2D eigenvalue weighted by Crippen LogP contribution is 2.25. The van der Waals surface area contributed by atoms with Gasteiger partial charge in [0.1, 0.15) is 5.76 Å². The minimum absolute atomic E-state index is 0.816. The topological polar surface area (TPSA) is 38.1 Å². The van der Waals surface area contributed by atoms with Gasteiger partial charge >= 0.3 is 0 Å². The Hall–Kier alpha value is -0.830. The summed E-state index contributed by atoms with van der Waals surface area (Å²) in [6, 6.07) is 0. The zero-order chi connectivity index (χ0) is 8.23. The zero-order valence-corrected chi connectivity index (χ0v) is 7.12. The molecule has 3 nitrogen and oxygen atoms in total. The molecule has 3 heteroatoms. The summed E-state index contributed by atoms with van der Waals surface area (Å²) in [6.07, 6.45) is 7.43. The number of aromatic nitrogens is 1. The van der Waals surface area contributed by atoms with Crippen molar-refractivity contribution in [2.45, 2.75) is 25.8 Å². The molecule has 0 atom stereocenters. The Morgan fingerprint density at radius 3 is 3.08 bits per heavy atom. The van der Waals surface area contributed by atoms with E-state index in [4.69, 9.17) is 4.42 Å². The molecule has 66 valence electrons. The number of rotatable bonds is 4. The van der Waals surface area contributed by atoms with E-state index in [2.05, 4.69) is 10.3 Å². The Labute approximate surface area is 72.2 Å². The maximum Gasteiger partial charge on any atom is 0.180 e. The lowest BCUT2D eigenvalue weighted by Gasteiger charge is -2.25. The molecule has 0 aliphatic heterocycles. The van der Waals surface area contributed by atoms with Gasteiger partial charge in [-0.15, -0.1) is 0 Å². The maximum absolute atomic E-state index is 5.09. The molecule has 1 heterocycles. The van der Waals surface area contributed by atoms with Crippen molar-refractivity contribution < 1.29 is 4.42 Å². The van der Waals surface area contributed by atoms with Crippen molar-refractivity contribution in [3.05, 3.63) is 18.4 Å². The summed E-state index contributed by atoms with van der Waals surface area (Å²) < 4.78 is 5.09.